The van der Waals surface area contributed by atoms with Gasteiger partial charge in [0.2, 0.25) is 15.9 Å². The highest BCUT2D eigenvalue weighted by molar-refractivity contribution is 7.94. The molecule has 0 bridgehead atoms. The Morgan fingerprint density at radius 2 is 1.74 bits per heavy atom. The van der Waals surface area contributed by atoms with Crippen molar-refractivity contribution in [1.29, 1.82) is 0 Å². The maximum Gasteiger partial charge on any atom is 0.255 e. The lowest BCUT2D eigenvalue weighted by molar-refractivity contribution is -0.123. The maximum atomic E-state index is 12.8. The summed E-state index contributed by atoms with van der Waals surface area (Å²) >= 11 is 5.88. The van der Waals surface area contributed by atoms with Crippen molar-refractivity contribution in [3.63, 3.8) is 0 Å². The third-order valence-electron chi connectivity index (χ3n) is 5.36. The summed E-state index contributed by atoms with van der Waals surface area (Å²) < 4.78 is 31.6. The monoisotopic (exact) mass is 498 g/mol. The van der Waals surface area contributed by atoms with Gasteiger partial charge in [-0.25, -0.2) is 12.7 Å². The molecule has 0 spiro atoms. The molecule has 1 aliphatic heterocycles. The molecule has 0 unspecified atom stereocenters. The van der Waals surface area contributed by atoms with E-state index in [1.807, 2.05) is 12.1 Å². The number of nitrogens with one attached hydrogen (secondary N) is 1. The van der Waals surface area contributed by atoms with E-state index < -0.39 is 27.3 Å². The van der Waals surface area contributed by atoms with Crippen LogP contribution < -0.4 is 14.4 Å². The summed E-state index contributed by atoms with van der Waals surface area (Å²) in [6, 6.07) is 20.2. The molecule has 34 heavy (non-hydrogen) atoms. The molecule has 1 aliphatic rings. The topological polar surface area (TPSA) is 92.8 Å². The number of halogens is 1. The fourth-order valence-electron chi connectivity index (χ4n) is 3.62. The Kier molecular flexibility index (Phi) is 6.38. The number of sulfonamides is 1. The second-order valence-electron chi connectivity index (χ2n) is 8.65. The third kappa shape index (κ3) is 5.08. The molecule has 9 heteroatoms. The van der Waals surface area contributed by atoms with E-state index in [0.29, 0.717) is 23.1 Å². The number of anilines is 2. The summed E-state index contributed by atoms with van der Waals surface area (Å²) in [4.78, 5) is 25.4. The molecule has 3 aromatic carbocycles. The number of hydrogen-bond donors (Lipinski definition) is 1. The third-order valence-corrected chi connectivity index (χ3v) is 7.63. The summed E-state index contributed by atoms with van der Waals surface area (Å²) in [7, 11) is -3.80. The normalized spacial score (nSPS) is 16.3. The molecule has 1 fully saturated rings. The van der Waals surface area contributed by atoms with Gasteiger partial charge in [-0.3, -0.25) is 9.59 Å². The molecule has 4 rings (SSSR count). The van der Waals surface area contributed by atoms with Crippen molar-refractivity contribution in [3.05, 3.63) is 88.9 Å². The largest absolute Gasteiger partial charge is 0.489 e. The van der Waals surface area contributed by atoms with Gasteiger partial charge >= 0.3 is 0 Å². The first-order valence-electron chi connectivity index (χ1n) is 10.5. The molecule has 0 aliphatic carbocycles. The molecule has 3 aromatic rings. The molecule has 0 aromatic heterocycles. The molecule has 176 valence electrons. The highest BCUT2D eigenvalue weighted by Gasteiger charge is 2.49. The minimum absolute atomic E-state index is 0.147. The van der Waals surface area contributed by atoms with Gasteiger partial charge in [0.25, 0.3) is 5.91 Å². The number of carbonyl (C=O) groups is 2. The van der Waals surface area contributed by atoms with Crippen LogP contribution in [0.5, 0.6) is 5.75 Å². The van der Waals surface area contributed by atoms with Gasteiger partial charge in [0.05, 0.1) is 16.9 Å². The van der Waals surface area contributed by atoms with Crippen molar-refractivity contribution >= 4 is 44.8 Å². The van der Waals surface area contributed by atoms with Crippen LogP contribution in [0.4, 0.5) is 11.4 Å². The predicted octanol–water partition coefficient (Wildman–Crippen LogP) is 4.87. The number of ether oxygens (including phenoxy) is 1. The molecule has 1 N–H and O–H groups in total. The van der Waals surface area contributed by atoms with Crippen LogP contribution in [0.25, 0.3) is 0 Å². The van der Waals surface area contributed by atoms with Crippen molar-refractivity contribution in [2.75, 3.05) is 15.4 Å². The summed E-state index contributed by atoms with van der Waals surface area (Å²) in [5.41, 5.74) is 0.875. The quantitative estimate of drug-likeness (QED) is 0.523. The highest BCUT2D eigenvalue weighted by Crippen LogP contribution is 2.36. The van der Waals surface area contributed by atoms with Crippen LogP contribution in [-0.2, 0) is 21.4 Å². The Bertz CT molecular complexity index is 1340. The number of benzene rings is 3. The molecule has 1 saturated heterocycles. The van der Waals surface area contributed by atoms with Crippen molar-refractivity contribution in [2.45, 2.75) is 20.5 Å². The van der Waals surface area contributed by atoms with Crippen LogP contribution in [0.1, 0.15) is 29.8 Å². The van der Waals surface area contributed by atoms with Gasteiger partial charge in [0, 0.05) is 16.3 Å². The predicted molar refractivity (Wildman–Crippen MR) is 132 cm³/mol. The van der Waals surface area contributed by atoms with Gasteiger partial charge < -0.3 is 10.1 Å². The van der Waals surface area contributed by atoms with Gasteiger partial charge in [-0.2, -0.15) is 0 Å². The number of rotatable bonds is 6. The zero-order valence-corrected chi connectivity index (χ0v) is 20.2. The van der Waals surface area contributed by atoms with E-state index in [1.165, 1.54) is 12.1 Å². The Hall–Kier alpha value is -3.36. The average Bonchev–Trinajstić information content (AvgIpc) is 2.96. The zero-order chi connectivity index (χ0) is 24.5. The highest BCUT2D eigenvalue weighted by atomic mass is 35.5. The standard InChI is InChI=1S/C25H23ClN2O5S/c1-25(2)16-34(31,32)28(24(25)30)21-5-3-4-18(14-21)23(29)27-20-10-12-22(13-11-20)33-15-17-6-8-19(26)9-7-17/h3-14H,15-16H2,1-2H3,(H,27,29). The minimum atomic E-state index is -3.80. The van der Waals surface area contributed by atoms with Gasteiger partial charge in [-0.1, -0.05) is 29.8 Å². The SMILES string of the molecule is CC1(C)CS(=O)(=O)N(c2cccc(C(=O)Nc3ccc(OCc4ccc(Cl)cc4)cc3)c2)C1=O. The van der Waals surface area contributed by atoms with Gasteiger partial charge in [0.1, 0.15) is 12.4 Å². The first-order chi connectivity index (χ1) is 16.0. The van der Waals surface area contributed by atoms with E-state index in [1.54, 1.807) is 62.4 Å². The van der Waals surface area contributed by atoms with Gasteiger partial charge in [-0.15, -0.1) is 0 Å². The Morgan fingerprint density at radius 1 is 1.06 bits per heavy atom. The van der Waals surface area contributed by atoms with Crippen molar-refractivity contribution in [3.8, 4) is 5.75 Å². The minimum Gasteiger partial charge on any atom is -0.489 e. The fraction of sp³-hybridized carbons (Fsp3) is 0.200. The Labute approximate surface area is 203 Å². The number of hydrogen-bond acceptors (Lipinski definition) is 5. The number of carbonyl (C=O) groups excluding carboxylic acids is 2. The molecule has 0 saturated carbocycles. The summed E-state index contributed by atoms with van der Waals surface area (Å²) in [5.74, 6) is -0.587. The van der Waals surface area contributed by atoms with E-state index in [-0.39, 0.29) is 17.0 Å². The first kappa shape index (κ1) is 23.8. The van der Waals surface area contributed by atoms with Crippen molar-refractivity contribution < 1.29 is 22.7 Å². The molecule has 0 atom stereocenters. The fourth-order valence-corrected chi connectivity index (χ4v) is 5.84. The number of amides is 2. The summed E-state index contributed by atoms with van der Waals surface area (Å²) in [5, 5.41) is 3.43. The van der Waals surface area contributed by atoms with Crippen molar-refractivity contribution in [2.24, 2.45) is 5.41 Å². The lowest BCUT2D eigenvalue weighted by atomic mass is 9.95. The van der Waals surface area contributed by atoms with E-state index >= 15 is 0 Å². The molecule has 2 amide bonds. The van der Waals surface area contributed by atoms with Crippen LogP contribution in [0, 0.1) is 5.41 Å². The summed E-state index contributed by atoms with van der Waals surface area (Å²) in [6.45, 7) is 3.56. The second kappa shape index (κ2) is 9.12. The Balaban J connectivity index is 1.43. The van der Waals surface area contributed by atoms with Crippen LogP contribution in [0.15, 0.2) is 72.8 Å². The van der Waals surface area contributed by atoms with E-state index in [0.717, 1.165) is 9.87 Å². The molecular weight excluding hydrogens is 476 g/mol. The first-order valence-corrected chi connectivity index (χ1v) is 12.5. The zero-order valence-electron chi connectivity index (χ0n) is 18.6. The molecule has 0 radical (unpaired) electrons. The second-order valence-corrected chi connectivity index (χ2v) is 10.9. The van der Waals surface area contributed by atoms with Crippen LogP contribution >= 0.6 is 11.6 Å². The molecular formula is C25H23ClN2O5S. The van der Waals surface area contributed by atoms with E-state index in [4.69, 9.17) is 16.3 Å². The Morgan fingerprint density at radius 3 is 2.35 bits per heavy atom. The van der Waals surface area contributed by atoms with Crippen LogP contribution in [0.2, 0.25) is 5.02 Å². The van der Waals surface area contributed by atoms with E-state index in [2.05, 4.69) is 5.32 Å². The maximum absolute atomic E-state index is 12.8. The molecule has 7 nitrogen and oxygen atoms in total. The van der Waals surface area contributed by atoms with Crippen LogP contribution in [-0.4, -0.2) is 26.0 Å². The summed E-state index contributed by atoms with van der Waals surface area (Å²) in [6.07, 6.45) is 0. The van der Waals surface area contributed by atoms with Gasteiger partial charge in [-0.05, 0) is 74.0 Å². The van der Waals surface area contributed by atoms with Gasteiger partial charge in [0.15, 0.2) is 0 Å². The molecule has 1 heterocycles. The number of nitrogens with zero attached hydrogens (tertiary/aromatic N) is 1. The van der Waals surface area contributed by atoms with E-state index in [9.17, 15) is 18.0 Å². The smallest absolute Gasteiger partial charge is 0.255 e. The van der Waals surface area contributed by atoms with Crippen LogP contribution in [0.3, 0.4) is 0 Å². The lowest BCUT2D eigenvalue weighted by Crippen LogP contribution is -2.33. The average molecular weight is 499 g/mol. The lowest BCUT2D eigenvalue weighted by Gasteiger charge is -2.18. The van der Waals surface area contributed by atoms with Crippen molar-refractivity contribution in [1.82, 2.24) is 0 Å².